The molecule has 0 bridgehead atoms. The number of benzene rings is 1. The molecule has 1 N–H and O–H groups in total. The van der Waals surface area contributed by atoms with Crippen molar-refractivity contribution in [2.75, 3.05) is 33.4 Å². The number of carbonyl (C=O) groups is 2. The van der Waals surface area contributed by atoms with Crippen LogP contribution in [-0.4, -0.2) is 59.9 Å². The number of rotatable bonds is 6. The third-order valence-electron chi connectivity index (χ3n) is 4.36. The molecule has 1 saturated heterocycles. The Kier molecular flexibility index (Phi) is 6.08. The lowest BCUT2D eigenvalue weighted by Gasteiger charge is -2.26. The zero-order chi connectivity index (χ0) is 19.2. The molecule has 0 saturated carbocycles. The predicted molar refractivity (Wildman–Crippen MR) is 98.5 cm³/mol. The van der Waals surface area contributed by atoms with Gasteiger partial charge in [0.05, 0.1) is 26.0 Å². The van der Waals surface area contributed by atoms with Crippen molar-refractivity contribution in [3.63, 3.8) is 0 Å². The Morgan fingerprint density at radius 3 is 2.59 bits per heavy atom. The van der Waals surface area contributed by atoms with Gasteiger partial charge in [0, 0.05) is 19.6 Å². The van der Waals surface area contributed by atoms with Crippen LogP contribution in [0.25, 0.3) is 0 Å². The minimum absolute atomic E-state index is 0.00456. The van der Waals surface area contributed by atoms with E-state index in [1.165, 1.54) is 4.68 Å². The van der Waals surface area contributed by atoms with Gasteiger partial charge in [0.25, 0.3) is 5.91 Å². The largest absolute Gasteiger partial charge is 0.497 e. The number of nitrogens with one attached hydrogen (secondary N) is 1. The van der Waals surface area contributed by atoms with E-state index in [1.807, 2.05) is 31.2 Å². The number of ether oxygens (including phenoxy) is 2. The number of amides is 2. The summed E-state index contributed by atoms with van der Waals surface area (Å²) in [5.41, 5.74) is 2.09. The molecular weight excluding hydrogens is 348 g/mol. The van der Waals surface area contributed by atoms with Crippen molar-refractivity contribution in [1.82, 2.24) is 20.0 Å². The standard InChI is InChI=1S/C19H24N4O4/c1-14-11-17(19(25)22-7-9-27-10-8-22)23(21-14)13-18(24)20-12-15-3-5-16(26-2)6-4-15/h3-6,11H,7-10,12-13H2,1-2H3,(H,20,24). The topological polar surface area (TPSA) is 85.7 Å². The molecule has 1 aliphatic heterocycles. The minimum atomic E-state index is -0.204. The summed E-state index contributed by atoms with van der Waals surface area (Å²) in [5, 5.41) is 7.16. The maximum absolute atomic E-state index is 12.7. The maximum atomic E-state index is 12.7. The Bertz CT molecular complexity index is 795. The fourth-order valence-electron chi connectivity index (χ4n) is 2.90. The molecule has 27 heavy (non-hydrogen) atoms. The first kappa shape index (κ1) is 18.9. The van der Waals surface area contributed by atoms with Crippen LogP contribution in [0.5, 0.6) is 5.75 Å². The smallest absolute Gasteiger partial charge is 0.272 e. The Morgan fingerprint density at radius 1 is 1.22 bits per heavy atom. The summed E-state index contributed by atoms with van der Waals surface area (Å²) in [7, 11) is 1.61. The van der Waals surface area contributed by atoms with Crippen LogP contribution in [0.4, 0.5) is 0 Å². The van der Waals surface area contributed by atoms with E-state index in [9.17, 15) is 9.59 Å². The lowest BCUT2D eigenvalue weighted by molar-refractivity contribution is -0.122. The van der Waals surface area contributed by atoms with Gasteiger partial charge in [-0.05, 0) is 30.7 Å². The molecule has 8 heteroatoms. The molecule has 1 aromatic heterocycles. The van der Waals surface area contributed by atoms with Crippen LogP contribution in [0.15, 0.2) is 30.3 Å². The molecule has 2 amide bonds. The Morgan fingerprint density at radius 2 is 1.93 bits per heavy atom. The van der Waals surface area contributed by atoms with E-state index in [0.717, 1.165) is 11.3 Å². The monoisotopic (exact) mass is 372 g/mol. The molecule has 0 atom stereocenters. The van der Waals surface area contributed by atoms with Gasteiger partial charge in [0.15, 0.2) is 0 Å². The highest BCUT2D eigenvalue weighted by Crippen LogP contribution is 2.12. The van der Waals surface area contributed by atoms with Crippen molar-refractivity contribution in [3.8, 4) is 5.75 Å². The van der Waals surface area contributed by atoms with Crippen molar-refractivity contribution in [2.24, 2.45) is 0 Å². The summed E-state index contributed by atoms with van der Waals surface area (Å²) in [5.74, 6) is 0.440. The van der Waals surface area contributed by atoms with Crippen LogP contribution in [0.2, 0.25) is 0 Å². The number of nitrogens with zero attached hydrogens (tertiary/aromatic N) is 3. The van der Waals surface area contributed by atoms with E-state index in [-0.39, 0.29) is 18.4 Å². The zero-order valence-electron chi connectivity index (χ0n) is 15.6. The lowest BCUT2D eigenvalue weighted by Crippen LogP contribution is -2.42. The second-order valence-electron chi connectivity index (χ2n) is 6.36. The van der Waals surface area contributed by atoms with Crippen LogP contribution in [0.3, 0.4) is 0 Å². The Labute approximate surface area is 158 Å². The molecule has 144 valence electrons. The molecule has 0 radical (unpaired) electrons. The van der Waals surface area contributed by atoms with Gasteiger partial charge in [0.1, 0.15) is 18.0 Å². The summed E-state index contributed by atoms with van der Waals surface area (Å²) in [4.78, 5) is 26.8. The number of methoxy groups -OCH3 is 1. The number of carbonyl (C=O) groups excluding carboxylic acids is 2. The highest BCUT2D eigenvalue weighted by Gasteiger charge is 2.23. The number of hydrogen-bond acceptors (Lipinski definition) is 5. The molecule has 2 heterocycles. The van der Waals surface area contributed by atoms with E-state index in [4.69, 9.17) is 9.47 Å². The number of morpholine rings is 1. The quantitative estimate of drug-likeness (QED) is 0.817. The van der Waals surface area contributed by atoms with Crippen LogP contribution in [0, 0.1) is 6.92 Å². The van der Waals surface area contributed by atoms with Gasteiger partial charge in [-0.3, -0.25) is 14.3 Å². The van der Waals surface area contributed by atoms with E-state index in [0.29, 0.717) is 44.2 Å². The number of hydrogen-bond donors (Lipinski definition) is 1. The van der Waals surface area contributed by atoms with Crippen molar-refractivity contribution in [1.29, 1.82) is 0 Å². The van der Waals surface area contributed by atoms with E-state index in [1.54, 1.807) is 18.1 Å². The van der Waals surface area contributed by atoms with Gasteiger partial charge >= 0.3 is 0 Å². The number of aromatic nitrogens is 2. The fourth-order valence-corrected chi connectivity index (χ4v) is 2.90. The molecule has 0 spiro atoms. The fraction of sp³-hybridized carbons (Fsp3) is 0.421. The van der Waals surface area contributed by atoms with Crippen molar-refractivity contribution >= 4 is 11.8 Å². The third kappa shape index (κ3) is 4.85. The lowest BCUT2D eigenvalue weighted by atomic mass is 10.2. The normalized spacial score (nSPS) is 14.1. The van der Waals surface area contributed by atoms with Gasteiger partial charge in [-0.25, -0.2) is 0 Å². The van der Waals surface area contributed by atoms with Gasteiger partial charge in [-0.2, -0.15) is 5.10 Å². The van der Waals surface area contributed by atoms with Crippen molar-refractivity contribution < 1.29 is 19.1 Å². The van der Waals surface area contributed by atoms with Crippen molar-refractivity contribution in [3.05, 3.63) is 47.3 Å². The van der Waals surface area contributed by atoms with Crippen LogP contribution in [0.1, 0.15) is 21.7 Å². The predicted octanol–water partition coefficient (Wildman–Crippen LogP) is 0.989. The molecule has 3 rings (SSSR count). The molecule has 1 aliphatic rings. The van der Waals surface area contributed by atoms with E-state index >= 15 is 0 Å². The summed E-state index contributed by atoms with van der Waals surface area (Å²) < 4.78 is 11.9. The SMILES string of the molecule is COc1ccc(CNC(=O)Cn2nc(C)cc2C(=O)N2CCOCC2)cc1. The van der Waals surface area contributed by atoms with Gasteiger partial charge < -0.3 is 19.7 Å². The van der Waals surface area contributed by atoms with Gasteiger partial charge in [-0.1, -0.05) is 12.1 Å². The second kappa shape index (κ2) is 8.68. The molecule has 0 unspecified atom stereocenters. The second-order valence-corrected chi connectivity index (χ2v) is 6.36. The maximum Gasteiger partial charge on any atom is 0.272 e. The Balaban J connectivity index is 1.60. The van der Waals surface area contributed by atoms with E-state index < -0.39 is 0 Å². The highest BCUT2D eigenvalue weighted by atomic mass is 16.5. The first-order valence-corrected chi connectivity index (χ1v) is 8.88. The summed E-state index contributed by atoms with van der Waals surface area (Å²) in [6, 6.07) is 9.19. The molecule has 0 aliphatic carbocycles. The molecule has 1 aromatic carbocycles. The summed E-state index contributed by atoms with van der Waals surface area (Å²) in [6.07, 6.45) is 0. The van der Waals surface area contributed by atoms with Crippen molar-refractivity contribution in [2.45, 2.75) is 20.0 Å². The Hall–Kier alpha value is -2.87. The molecule has 1 fully saturated rings. The minimum Gasteiger partial charge on any atom is -0.497 e. The van der Waals surface area contributed by atoms with Gasteiger partial charge in [0.2, 0.25) is 5.91 Å². The van der Waals surface area contributed by atoms with E-state index in [2.05, 4.69) is 10.4 Å². The average Bonchev–Trinajstić information content (AvgIpc) is 3.06. The average molecular weight is 372 g/mol. The summed E-state index contributed by atoms with van der Waals surface area (Å²) in [6.45, 7) is 4.36. The molecule has 2 aromatic rings. The zero-order valence-corrected chi connectivity index (χ0v) is 15.6. The summed E-state index contributed by atoms with van der Waals surface area (Å²) >= 11 is 0. The first-order chi connectivity index (χ1) is 13.1. The van der Waals surface area contributed by atoms with Crippen LogP contribution < -0.4 is 10.1 Å². The number of aryl methyl sites for hydroxylation is 1. The molecule has 8 nitrogen and oxygen atoms in total. The molecular formula is C19H24N4O4. The third-order valence-corrected chi connectivity index (χ3v) is 4.36. The van der Waals surface area contributed by atoms with Crippen LogP contribution in [-0.2, 0) is 22.6 Å². The first-order valence-electron chi connectivity index (χ1n) is 8.88. The van der Waals surface area contributed by atoms with Crippen LogP contribution >= 0.6 is 0 Å². The van der Waals surface area contributed by atoms with Gasteiger partial charge in [-0.15, -0.1) is 0 Å². The highest BCUT2D eigenvalue weighted by molar-refractivity contribution is 5.93.